The maximum absolute atomic E-state index is 10.4. The molecule has 0 fully saturated rings. The predicted molar refractivity (Wildman–Crippen MR) is 73.7 cm³/mol. The van der Waals surface area contributed by atoms with Gasteiger partial charge in [0.2, 0.25) is 0 Å². The Bertz CT molecular complexity index is 586. The Hall–Kier alpha value is -2.42. The molecule has 0 saturated carbocycles. The van der Waals surface area contributed by atoms with Gasteiger partial charge in [0.05, 0.1) is 0 Å². The summed E-state index contributed by atoms with van der Waals surface area (Å²) in [5.74, 6) is 0.0376. The first kappa shape index (κ1) is 12.0. The van der Waals surface area contributed by atoms with Crippen LogP contribution in [0.3, 0.4) is 0 Å². The van der Waals surface area contributed by atoms with E-state index < -0.39 is 0 Å². The molecule has 3 heteroatoms. The van der Waals surface area contributed by atoms with Gasteiger partial charge in [-0.25, -0.2) is 0 Å². The first-order valence-electron chi connectivity index (χ1n) is 5.59. The molecule has 2 aromatic rings. The molecule has 0 aliphatic carbocycles. The Morgan fingerprint density at radius 3 is 2.33 bits per heavy atom. The van der Waals surface area contributed by atoms with Crippen LogP contribution in [0.25, 0.3) is 12.2 Å². The molecule has 0 unspecified atom stereocenters. The molecule has 0 heterocycles. The SMILES string of the molecule is Cc1ccc(/C=C/c2cc(O)cc(N=O)c2)cc1. The number of hydrogen-bond donors (Lipinski definition) is 1. The molecule has 90 valence electrons. The van der Waals surface area contributed by atoms with Crippen LogP contribution in [0.15, 0.2) is 47.6 Å². The van der Waals surface area contributed by atoms with E-state index in [4.69, 9.17) is 0 Å². The number of nitroso groups, excluding NO2 is 1. The molecular formula is C15H13NO2. The summed E-state index contributed by atoms with van der Waals surface area (Å²) in [6.07, 6.45) is 3.75. The Morgan fingerprint density at radius 1 is 1.00 bits per heavy atom. The molecule has 18 heavy (non-hydrogen) atoms. The molecular weight excluding hydrogens is 226 g/mol. The molecule has 2 rings (SSSR count). The van der Waals surface area contributed by atoms with E-state index in [1.54, 1.807) is 12.1 Å². The van der Waals surface area contributed by atoms with Crippen molar-refractivity contribution < 1.29 is 5.11 Å². The van der Waals surface area contributed by atoms with Gasteiger partial charge < -0.3 is 5.11 Å². The highest BCUT2D eigenvalue weighted by Gasteiger charge is 1.97. The fourth-order valence-corrected chi connectivity index (χ4v) is 1.64. The Morgan fingerprint density at radius 2 is 1.67 bits per heavy atom. The lowest BCUT2D eigenvalue weighted by Crippen LogP contribution is -1.75. The molecule has 0 bridgehead atoms. The lowest BCUT2D eigenvalue weighted by Gasteiger charge is -1.98. The average molecular weight is 239 g/mol. The van der Waals surface area contributed by atoms with Crippen molar-refractivity contribution in [3.63, 3.8) is 0 Å². The minimum atomic E-state index is 0.0376. The third kappa shape index (κ3) is 3.04. The number of aromatic hydroxyl groups is 1. The van der Waals surface area contributed by atoms with Gasteiger partial charge in [0.1, 0.15) is 11.4 Å². The largest absolute Gasteiger partial charge is 0.508 e. The zero-order valence-electron chi connectivity index (χ0n) is 10.00. The minimum Gasteiger partial charge on any atom is -0.508 e. The second kappa shape index (κ2) is 5.27. The van der Waals surface area contributed by atoms with Crippen LogP contribution < -0.4 is 0 Å². The fourth-order valence-electron chi connectivity index (χ4n) is 1.64. The van der Waals surface area contributed by atoms with Crippen molar-refractivity contribution >= 4 is 17.8 Å². The van der Waals surface area contributed by atoms with E-state index in [1.165, 1.54) is 11.6 Å². The first-order chi connectivity index (χ1) is 8.67. The third-order valence-corrected chi connectivity index (χ3v) is 2.58. The average Bonchev–Trinajstić information content (AvgIpc) is 2.37. The molecule has 2 aromatic carbocycles. The second-order valence-electron chi connectivity index (χ2n) is 4.12. The minimum absolute atomic E-state index is 0.0376. The van der Waals surface area contributed by atoms with Gasteiger partial charge in [-0.1, -0.05) is 42.0 Å². The zero-order valence-corrected chi connectivity index (χ0v) is 10.00. The van der Waals surface area contributed by atoms with Gasteiger partial charge in [-0.2, -0.15) is 0 Å². The monoisotopic (exact) mass is 239 g/mol. The summed E-state index contributed by atoms with van der Waals surface area (Å²) in [7, 11) is 0. The standard InChI is InChI=1S/C15H13NO2/c1-11-2-4-12(5-3-11)6-7-13-8-14(16-18)10-15(17)9-13/h2-10,17H,1H3/b7-6+. The molecule has 0 atom stereocenters. The van der Waals surface area contributed by atoms with Gasteiger partial charge in [-0.15, -0.1) is 4.91 Å². The number of phenols is 1. The van der Waals surface area contributed by atoms with Gasteiger partial charge in [-0.05, 0) is 35.4 Å². The lowest BCUT2D eigenvalue weighted by molar-refractivity contribution is 0.475. The van der Waals surface area contributed by atoms with Crippen molar-refractivity contribution in [3.8, 4) is 5.75 Å². The van der Waals surface area contributed by atoms with Crippen molar-refractivity contribution in [1.82, 2.24) is 0 Å². The summed E-state index contributed by atoms with van der Waals surface area (Å²) in [6.45, 7) is 2.03. The van der Waals surface area contributed by atoms with E-state index >= 15 is 0 Å². The highest BCUT2D eigenvalue weighted by atomic mass is 16.3. The number of aryl methyl sites for hydroxylation is 1. The highest BCUT2D eigenvalue weighted by molar-refractivity contribution is 5.71. The maximum atomic E-state index is 10.4. The van der Waals surface area contributed by atoms with Crippen LogP contribution in [0.1, 0.15) is 16.7 Å². The summed E-state index contributed by atoms with van der Waals surface area (Å²) in [5, 5.41) is 12.2. The Kier molecular flexibility index (Phi) is 3.53. The van der Waals surface area contributed by atoms with Gasteiger partial charge in [0.15, 0.2) is 0 Å². The van der Waals surface area contributed by atoms with E-state index in [-0.39, 0.29) is 11.4 Å². The summed E-state index contributed by atoms with van der Waals surface area (Å²) in [6, 6.07) is 12.6. The summed E-state index contributed by atoms with van der Waals surface area (Å²) in [4.78, 5) is 10.4. The molecule has 0 aliphatic heterocycles. The number of phenolic OH excluding ortho intramolecular Hbond substituents is 1. The van der Waals surface area contributed by atoms with Crippen LogP contribution >= 0.6 is 0 Å². The highest BCUT2D eigenvalue weighted by Crippen LogP contribution is 2.23. The summed E-state index contributed by atoms with van der Waals surface area (Å²) in [5.41, 5.74) is 3.23. The van der Waals surface area contributed by atoms with Crippen LogP contribution in [0.5, 0.6) is 5.75 Å². The van der Waals surface area contributed by atoms with Crippen LogP contribution in [0.2, 0.25) is 0 Å². The van der Waals surface area contributed by atoms with Gasteiger partial charge in [0, 0.05) is 6.07 Å². The molecule has 3 nitrogen and oxygen atoms in total. The first-order valence-corrected chi connectivity index (χ1v) is 5.59. The number of nitrogens with zero attached hydrogens (tertiary/aromatic N) is 1. The summed E-state index contributed by atoms with van der Waals surface area (Å²) >= 11 is 0. The molecule has 0 saturated heterocycles. The molecule has 0 spiro atoms. The molecule has 1 N–H and O–H groups in total. The quantitative estimate of drug-likeness (QED) is 0.642. The second-order valence-corrected chi connectivity index (χ2v) is 4.12. The molecule has 0 radical (unpaired) electrons. The molecule has 0 amide bonds. The van der Waals surface area contributed by atoms with Crippen molar-refractivity contribution in [2.75, 3.05) is 0 Å². The van der Waals surface area contributed by atoms with Crippen LogP contribution in [0, 0.1) is 11.8 Å². The molecule has 0 aromatic heterocycles. The Labute approximate surface area is 105 Å². The lowest BCUT2D eigenvalue weighted by atomic mass is 10.1. The van der Waals surface area contributed by atoms with Gasteiger partial charge in [-0.3, -0.25) is 0 Å². The smallest absolute Gasteiger partial charge is 0.118 e. The van der Waals surface area contributed by atoms with Crippen molar-refractivity contribution in [3.05, 3.63) is 64.1 Å². The number of benzene rings is 2. The number of hydrogen-bond acceptors (Lipinski definition) is 3. The van der Waals surface area contributed by atoms with Gasteiger partial charge >= 0.3 is 0 Å². The van der Waals surface area contributed by atoms with Crippen molar-refractivity contribution in [1.29, 1.82) is 0 Å². The van der Waals surface area contributed by atoms with Crippen LogP contribution in [0.4, 0.5) is 5.69 Å². The fraction of sp³-hybridized carbons (Fsp3) is 0.0667. The van der Waals surface area contributed by atoms with Crippen molar-refractivity contribution in [2.45, 2.75) is 6.92 Å². The maximum Gasteiger partial charge on any atom is 0.118 e. The summed E-state index contributed by atoms with van der Waals surface area (Å²) < 4.78 is 0. The Balaban J connectivity index is 2.25. The number of rotatable bonds is 3. The van der Waals surface area contributed by atoms with E-state index in [2.05, 4.69) is 5.18 Å². The van der Waals surface area contributed by atoms with E-state index in [1.807, 2.05) is 43.3 Å². The normalized spacial score (nSPS) is 10.7. The topological polar surface area (TPSA) is 49.7 Å². The molecule has 0 aliphatic rings. The predicted octanol–water partition coefficient (Wildman–Crippen LogP) is 4.27. The van der Waals surface area contributed by atoms with Gasteiger partial charge in [0.25, 0.3) is 0 Å². The van der Waals surface area contributed by atoms with Crippen molar-refractivity contribution in [2.24, 2.45) is 5.18 Å². The van der Waals surface area contributed by atoms with Crippen LogP contribution in [-0.4, -0.2) is 5.11 Å². The van der Waals surface area contributed by atoms with E-state index in [0.717, 1.165) is 11.1 Å². The van der Waals surface area contributed by atoms with E-state index in [9.17, 15) is 10.0 Å². The third-order valence-electron chi connectivity index (χ3n) is 2.58. The zero-order chi connectivity index (χ0) is 13.0. The van der Waals surface area contributed by atoms with Crippen LogP contribution in [-0.2, 0) is 0 Å². The van der Waals surface area contributed by atoms with E-state index in [0.29, 0.717) is 0 Å².